The van der Waals surface area contributed by atoms with Crippen LogP contribution in [-0.2, 0) is 5.66 Å². The summed E-state index contributed by atoms with van der Waals surface area (Å²) in [6, 6.07) is 61.2. The minimum atomic E-state index is -0.604. The smallest absolute Gasteiger partial charge is 0.153 e. The van der Waals surface area contributed by atoms with Crippen LogP contribution in [0.1, 0.15) is 22.9 Å². The van der Waals surface area contributed by atoms with Crippen molar-refractivity contribution in [2.24, 2.45) is 4.99 Å². The lowest BCUT2D eigenvalue weighted by molar-refractivity contribution is 0.574. The maximum atomic E-state index is 5.42. The standard InChI is InChI=1S/C47H32N4S/c1-47(31-16-6-3-7-17-31)48-44(30-14-4-2-5-15-30)46-45(49-47)37-26-24-33(29-43(37)52-46)51-41-23-13-10-20-36(41)38-28-32(25-27-42(38)51)50-39-21-11-8-18-34(39)35-19-9-12-22-40(35)50/h2-29,49H,1H3. The van der Waals surface area contributed by atoms with E-state index >= 15 is 0 Å². The number of rotatable bonds is 4. The van der Waals surface area contributed by atoms with E-state index in [0.717, 1.165) is 33.9 Å². The van der Waals surface area contributed by atoms with Crippen LogP contribution < -0.4 is 5.32 Å². The minimum absolute atomic E-state index is 0.604. The molecule has 1 aliphatic rings. The molecular weight excluding hydrogens is 653 g/mol. The first-order valence-electron chi connectivity index (χ1n) is 17.7. The van der Waals surface area contributed by atoms with E-state index in [2.05, 4.69) is 191 Å². The predicted octanol–water partition coefficient (Wildman–Crippen LogP) is 12.2. The van der Waals surface area contributed by atoms with E-state index in [4.69, 9.17) is 4.99 Å². The molecule has 0 radical (unpaired) electrons. The highest BCUT2D eigenvalue weighted by Crippen LogP contribution is 2.46. The maximum Gasteiger partial charge on any atom is 0.153 e. The van der Waals surface area contributed by atoms with Crippen molar-refractivity contribution < 1.29 is 0 Å². The van der Waals surface area contributed by atoms with Crippen molar-refractivity contribution in [3.8, 4) is 11.4 Å². The molecule has 1 unspecified atom stereocenters. The third kappa shape index (κ3) is 4.23. The molecule has 1 N–H and O–H groups in total. The lowest BCUT2D eigenvalue weighted by Crippen LogP contribution is -2.35. The zero-order valence-electron chi connectivity index (χ0n) is 28.4. The van der Waals surface area contributed by atoms with Crippen molar-refractivity contribution >= 4 is 76.4 Å². The Labute approximate surface area is 304 Å². The molecule has 4 heterocycles. The summed E-state index contributed by atoms with van der Waals surface area (Å²) in [5.74, 6) is 0. The van der Waals surface area contributed by atoms with Gasteiger partial charge in [-0.05, 0) is 67.1 Å². The second kappa shape index (κ2) is 11.0. The molecule has 5 heteroatoms. The molecule has 10 aromatic rings. The van der Waals surface area contributed by atoms with Gasteiger partial charge in [0.1, 0.15) is 0 Å². The van der Waals surface area contributed by atoms with E-state index in [1.54, 1.807) is 0 Å². The Morgan fingerprint density at radius 1 is 0.500 bits per heavy atom. The molecule has 0 spiro atoms. The third-order valence-corrected chi connectivity index (χ3v) is 11.9. The fourth-order valence-electron chi connectivity index (χ4n) is 8.33. The second-order valence-corrected chi connectivity index (χ2v) is 14.9. The molecule has 0 fully saturated rings. The maximum absolute atomic E-state index is 5.42. The zero-order chi connectivity index (χ0) is 34.4. The van der Waals surface area contributed by atoms with Crippen molar-refractivity contribution in [2.45, 2.75) is 12.6 Å². The van der Waals surface area contributed by atoms with Gasteiger partial charge in [0.2, 0.25) is 0 Å². The Balaban J connectivity index is 1.10. The molecule has 4 nitrogen and oxygen atoms in total. The van der Waals surface area contributed by atoms with Crippen LogP contribution in [0.2, 0.25) is 0 Å². The van der Waals surface area contributed by atoms with Crippen molar-refractivity contribution in [3.05, 3.63) is 186 Å². The Morgan fingerprint density at radius 3 is 1.67 bits per heavy atom. The summed E-state index contributed by atoms with van der Waals surface area (Å²) in [4.78, 5) is 6.59. The van der Waals surface area contributed by atoms with Gasteiger partial charge in [-0.15, -0.1) is 11.3 Å². The average Bonchev–Trinajstić information content (AvgIpc) is 3.85. The molecule has 52 heavy (non-hydrogen) atoms. The average molecular weight is 685 g/mol. The SMILES string of the molecule is CC1(c2ccccc2)N=C(c2ccccc2)c2sc3cc(-n4c5ccccc5c5cc(-n6c7ccccc7c7ccccc76)ccc54)ccc3c2N1. The summed E-state index contributed by atoms with van der Waals surface area (Å²) in [6.45, 7) is 2.18. The van der Waals surface area contributed by atoms with Gasteiger partial charge < -0.3 is 14.5 Å². The van der Waals surface area contributed by atoms with Crippen LogP contribution in [0.3, 0.4) is 0 Å². The third-order valence-electron chi connectivity index (χ3n) is 10.7. The number of nitrogens with one attached hydrogen (secondary N) is 1. The van der Waals surface area contributed by atoms with E-state index in [9.17, 15) is 0 Å². The van der Waals surface area contributed by atoms with Gasteiger partial charge in [0, 0.05) is 48.6 Å². The molecule has 246 valence electrons. The normalized spacial score (nSPS) is 15.8. The largest absolute Gasteiger partial charge is 0.356 e. The molecule has 0 bridgehead atoms. The Bertz CT molecular complexity index is 3000. The summed E-state index contributed by atoms with van der Waals surface area (Å²) < 4.78 is 6.05. The van der Waals surface area contributed by atoms with Gasteiger partial charge in [0.05, 0.1) is 38.3 Å². The number of benzene rings is 7. The van der Waals surface area contributed by atoms with Gasteiger partial charge in [-0.3, -0.25) is 4.99 Å². The summed E-state index contributed by atoms with van der Waals surface area (Å²) in [7, 11) is 0. The molecule has 0 saturated heterocycles. The topological polar surface area (TPSA) is 34.2 Å². The summed E-state index contributed by atoms with van der Waals surface area (Å²) >= 11 is 1.81. The van der Waals surface area contributed by atoms with Crippen molar-refractivity contribution in [3.63, 3.8) is 0 Å². The molecular formula is C47H32N4S. The van der Waals surface area contributed by atoms with E-state index < -0.39 is 5.66 Å². The van der Waals surface area contributed by atoms with Crippen LogP contribution >= 0.6 is 11.3 Å². The number of hydrogen-bond donors (Lipinski definition) is 1. The van der Waals surface area contributed by atoms with Crippen LogP contribution in [0.4, 0.5) is 5.69 Å². The van der Waals surface area contributed by atoms with Gasteiger partial charge in [-0.1, -0.05) is 115 Å². The monoisotopic (exact) mass is 684 g/mol. The number of aliphatic imine (C=N–C) groups is 1. The van der Waals surface area contributed by atoms with E-state index in [1.165, 1.54) is 58.6 Å². The summed E-state index contributed by atoms with van der Waals surface area (Å²) in [5, 5.41) is 10.1. The van der Waals surface area contributed by atoms with Gasteiger partial charge in [0.25, 0.3) is 0 Å². The van der Waals surface area contributed by atoms with E-state index in [0.29, 0.717) is 0 Å². The molecule has 0 aliphatic carbocycles. The zero-order valence-corrected chi connectivity index (χ0v) is 29.2. The predicted molar refractivity (Wildman–Crippen MR) is 220 cm³/mol. The van der Waals surface area contributed by atoms with Crippen molar-refractivity contribution in [2.75, 3.05) is 5.32 Å². The number of anilines is 1. The number of fused-ring (bicyclic) bond motifs is 9. The van der Waals surface area contributed by atoms with Crippen molar-refractivity contribution in [1.82, 2.24) is 9.13 Å². The number of aromatic nitrogens is 2. The lowest BCUT2D eigenvalue weighted by Gasteiger charge is -2.33. The first kappa shape index (κ1) is 29.3. The Hall–Kier alpha value is -6.43. The second-order valence-electron chi connectivity index (χ2n) is 13.8. The number of hydrogen-bond acceptors (Lipinski definition) is 3. The highest BCUT2D eigenvalue weighted by atomic mass is 32.1. The Morgan fingerprint density at radius 2 is 1.02 bits per heavy atom. The van der Waals surface area contributed by atoms with E-state index in [-0.39, 0.29) is 0 Å². The molecule has 3 aromatic heterocycles. The first-order chi connectivity index (χ1) is 25.6. The van der Waals surface area contributed by atoms with Crippen LogP contribution in [0.25, 0.3) is 65.1 Å². The molecule has 0 amide bonds. The van der Waals surface area contributed by atoms with Crippen LogP contribution in [-0.4, -0.2) is 14.8 Å². The highest BCUT2D eigenvalue weighted by Gasteiger charge is 2.35. The van der Waals surface area contributed by atoms with Gasteiger partial charge in [-0.2, -0.15) is 0 Å². The number of nitrogens with zero attached hydrogens (tertiary/aromatic N) is 3. The minimum Gasteiger partial charge on any atom is -0.356 e. The highest BCUT2D eigenvalue weighted by molar-refractivity contribution is 7.22. The Kier molecular flexibility index (Phi) is 6.22. The molecule has 7 aromatic carbocycles. The fourth-order valence-corrected chi connectivity index (χ4v) is 9.53. The molecule has 1 aliphatic heterocycles. The van der Waals surface area contributed by atoms with Gasteiger partial charge in [0.15, 0.2) is 5.66 Å². The quantitative estimate of drug-likeness (QED) is 0.197. The first-order valence-corrected chi connectivity index (χ1v) is 18.5. The van der Waals surface area contributed by atoms with Gasteiger partial charge >= 0.3 is 0 Å². The van der Waals surface area contributed by atoms with E-state index in [1.807, 2.05) is 11.3 Å². The molecule has 0 saturated carbocycles. The molecule has 11 rings (SSSR count). The lowest BCUT2D eigenvalue weighted by atomic mass is 9.96. The fraction of sp³-hybridized carbons (Fsp3) is 0.0426. The van der Waals surface area contributed by atoms with Crippen molar-refractivity contribution in [1.29, 1.82) is 0 Å². The van der Waals surface area contributed by atoms with Crippen LogP contribution in [0.15, 0.2) is 175 Å². The number of para-hydroxylation sites is 3. The van der Waals surface area contributed by atoms with Gasteiger partial charge in [-0.25, -0.2) is 0 Å². The summed E-state index contributed by atoms with van der Waals surface area (Å²) in [5.41, 5.74) is 10.9. The summed E-state index contributed by atoms with van der Waals surface area (Å²) in [6.07, 6.45) is 0. The molecule has 1 atom stereocenters. The van der Waals surface area contributed by atoms with Crippen LogP contribution in [0, 0.1) is 0 Å². The number of thiophene rings is 1. The van der Waals surface area contributed by atoms with Crippen LogP contribution in [0.5, 0.6) is 0 Å².